The lowest BCUT2D eigenvalue weighted by atomic mass is 10.2. The van der Waals surface area contributed by atoms with E-state index in [0.29, 0.717) is 9.09 Å². The summed E-state index contributed by atoms with van der Waals surface area (Å²) >= 11 is 5.24. The SMILES string of the molecule is Fc1c(I)[nH]c2cccc(Br)c12. The van der Waals surface area contributed by atoms with Crippen molar-refractivity contribution in [3.8, 4) is 0 Å². The number of fused-ring (bicyclic) bond motifs is 1. The largest absolute Gasteiger partial charge is 0.347 e. The highest BCUT2D eigenvalue weighted by molar-refractivity contribution is 14.1. The summed E-state index contributed by atoms with van der Waals surface area (Å²) in [7, 11) is 0. The number of aromatic nitrogens is 1. The third-order valence-electron chi connectivity index (χ3n) is 1.67. The summed E-state index contributed by atoms with van der Waals surface area (Å²) in [5.41, 5.74) is 0.825. The Labute approximate surface area is 90.6 Å². The van der Waals surface area contributed by atoms with Crippen LogP contribution in [0.1, 0.15) is 0 Å². The Morgan fingerprint density at radius 2 is 2.17 bits per heavy atom. The first kappa shape index (κ1) is 8.50. The van der Waals surface area contributed by atoms with E-state index < -0.39 is 0 Å². The molecule has 4 heteroatoms. The van der Waals surface area contributed by atoms with Crippen LogP contribution in [0.5, 0.6) is 0 Å². The first-order valence-electron chi connectivity index (χ1n) is 3.31. The highest BCUT2D eigenvalue weighted by atomic mass is 127. The predicted octanol–water partition coefficient (Wildman–Crippen LogP) is 3.67. The molecule has 1 aromatic heterocycles. The van der Waals surface area contributed by atoms with Gasteiger partial charge in [0.25, 0.3) is 0 Å². The molecule has 1 nitrogen and oxygen atoms in total. The molecule has 0 saturated carbocycles. The molecule has 0 aliphatic rings. The van der Waals surface area contributed by atoms with Crippen molar-refractivity contribution in [3.05, 3.63) is 32.2 Å². The van der Waals surface area contributed by atoms with Gasteiger partial charge in [0, 0.05) is 4.47 Å². The molecule has 1 aromatic carbocycles. The molecule has 0 fully saturated rings. The lowest BCUT2D eigenvalue weighted by molar-refractivity contribution is 0.631. The summed E-state index contributed by atoms with van der Waals surface area (Å²) in [5, 5.41) is 0.627. The minimum atomic E-state index is -0.182. The van der Waals surface area contributed by atoms with Crippen LogP contribution in [0, 0.1) is 9.52 Å². The van der Waals surface area contributed by atoms with Gasteiger partial charge in [-0.05, 0) is 50.7 Å². The topological polar surface area (TPSA) is 15.8 Å². The number of hydrogen-bond acceptors (Lipinski definition) is 0. The molecule has 62 valence electrons. The van der Waals surface area contributed by atoms with Gasteiger partial charge < -0.3 is 4.98 Å². The van der Waals surface area contributed by atoms with Crippen molar-refractivity contribution in [2.24, 2.45) is 0 Å². The average Bonchev–Trinajstić information content (AvgIpc) is 2.29. The molecule has 0 bridgehead atoms. The highest BCUT2D eigenvalue weighted by Gasteiger charge is 2.10. The molecule has 0 saturated heterocycles. The Balaban J connectivity index is 2.97. The minimum Gasteiger partial charge on any atom is -0.347 e. The second-order valence-corrected chi connectivity index (χ2v) is 4.35. The number of aromatic amines is 1. The molecular weight excluding hydrogens is 336 g/mol. The van der Waals surface area contributed by atoms with E-state index in [2.05, 4.69) is 20.9 Å². The van der Waals surface area contributed by atoms with Crippen molar-refractivity contribution in [3.63, 3.8) is 0 Å². The third kappa shape index (κ3) is 1.17. The van der Waals surface area contributed by atoms with Gasteiger partial charge in [-0.2, -0.15) is 0 Å². The van der Waals surface area contributed by atoms with Crippen molar-refractivity contribution in [1.29, 1.82) is 0 Å². The van der Waals surface area contributed by atoms with Gasteiger partial charge in [-0.1, -0.05) is 6.07 Å². The van der Waals surface area contributed by atoms with Crippen molar-refractivity contribution in [1.82, 2.24) is 4.98 Å². The lowest BCUT2D eigenvalue weighted by Crippen LogP contribution is -1.73. The van der Waals surface area contributed by atoms with Crippen molar-refractivity contribution < 1.29 is 4.39 Å². The molecule has 12 heavy (non-hydrogen) atoms. The summed E-state index contributed by atoms with van der Waals surface area (Å²) in [5.74, 6) is -0.182. The van der Waals surface area contributed by atoms with Crippen LogP contribution >= 0.6 is 38.5 Å². The molecule has 0 aliphatic heterocycles. The van der Waals surface area contributed by atoms with Crippen LogP contribution in [0.3, 0.4) is 0 Å². The van der Waals surface area contributed by atoms with Gasteiger partial charge in [0.1, 0.15) is 3.70 Å². The molecule has 0 unspecified atom stereocenters. The van der Waals surface area contributed by atoms with Crippen LogP contribution in [-0.2, 0) is 0 Å². The zero-order valence-corrected chi connectivity index (χ0v) is 9.61. The maximum atomic E-state index is 13.4. The Kier molecular flexibility index (Phi) is 2.12. The molecule has 2 aromatic rings. The van der Waals surface area contributed by atoms with E-state index >= 15 is 0 Å². The van der Waals surface area contributed by atoms with E-state index in [1.54, 1.807) is 0 Å². The number of halogens is 3. The summed E-state index contributed by atoms with van der Waals surface area (Å²) in [6.45, 7) is 0. The summed E-state index contributed by atoms with van der Waals surface area (Å²) < 4.78 is 14.7. The Morgan fingerprint density at radius 3 is 2.83 bits per heavy atom. The lowest BCUT2D eigenvalue weighted by Gasteiger charge is -1.91. The zero-order chi connectivity index (χ0) is 8.72. The molecule has 0 radical (unpaired) electrons. The summed E-state index contributed by atoms with van der Waals surface area (Å²) in [4.78, 5) is 2.95. The van der Waals surface area contributed by atoms with E-state index in [1.165, 1.54) is 0 Å². The number of H-pyrrole nitrogens is 1. The fourth-order valence-electron chi connectivity index (χ4n) is 1.13. The molecule has 0 spiro atoms. The molecule has 1 N–H and O–H groups in total. The molecule has 0 amide bonds. The number of nitrogens with one attached hydrogen (secondary N) is 1. The molecule has 0 atom stereocenters. The van der Waals surface area contributed by atoms with E-state index in [0.717, 1.165) is 9.99 Å². The maximum absolute atomic E-state index is 13.4. The maximum Gasteiger partial charge on any atom is 0.163 e. The van der Waals surface area contributed by atoms with Crippen LogP contribution < -0.4 is 0 Å². The van der Waals surface area contributed by atoms with Crippen LogP contribution in [-0.4, -0.2) is 4.98 Å². The van der Waals surface area contributed by atoms with Crippen LogP contribution in [0.25, 0.3) is 10.9 Å². The van der Waals surface area contributed by atoms with E-state index in [1.807, 2.05) is 40.8 Å². The normalized spacial score (nSPS) is 10.9. The fraction of sp³-hybridized carbons (Fsp3) is 0. The molecule has 2 rings (SSSR count). The summed E-state index contributed by atoms with van der Waals surface area (Å²) in [6, 6.07) is 5.55. The van der Waals surface area contributed by atoms with Gasteiger partial charge in [-0.3, -0.25) is 0 Å². The minimum absolute atomic E-state index is 0.182. The van der Waals surface area contributed by atoms with Gasteiger partial charge in [-0.25, -0.2) is 4.39 Å². The number of hydrogen-bond donors (Lipinski definition) is 1. The van der Waals surface area contributed by atoms with Gasteiger partial charge in [0.2, 0.25) is 0 Å². The quantitative estimate of drug-likeness (QED) is 0.705. The van der Waals surface area contributed by atoms with Gasteiger partial charge in [0.05, 0.1) is 10.9 Å². The van der Waals surface area contributed by atoms with Crippen molar-refractivity contribution in [2.45, 2.75) is 0 Å². The Bertz CT molecular complexity index is 438. The van der Waals surface area contributed by atoms with Gasteiger partial charge in [-0.15, -0.1) is 0 Å². The molecular formula is C8H4BrFIN. The third-order valence-corrected chi connectivity index (χ3v) is 3.07. The highest BCUT2D eigenvalue weighted by Crippen LogP contribution is 2.28. The second-order valence-electron chi connectivity index (χ2n) is 2.42. The van der Waals surface area contributed by atoms with E-state index in [4.69, 9.17) is 0 Å². The predicted molar refractivity (Wildman–Crippen MR) is 58.7 cm³/mol. The van der Waals surface area contributed by atoms with E-state index in [9.17, 15) is 4.39 Å². The second kappa shape index (κ2) is 2.99. The van der Waals surface area contributed by atoms with E-state index in [-0.39, 0.29) is 5.82 Å². The first-order valence-corrected chi connectivity index (χ1v) is 5.18. The smallest absolute Gasteiger partial charge is 0.163 e. The van der Waals surface area contributed by atoms with Crippen LogP contribution in [0.2, 0.25) is 0 Å². The average molecular weight is 340 g/mol. The Hall–Kier alpha value is -0.100. The molecule has 0 aliphatic carbocycles. The van der Waals surface area contributed by atoms with Gasteiger partial charge >= 0.3 is 0 Å². The Morgan fingerprint density at radius 1 is 1.42 bits per heavy atom. The standard InChI is InChI=1S/C8H4BrFIN/c9-4-2-1-3-5-6(4)7(10)8(11)12-5/h1-3,12H. The monoisotopic (exact) mass is 339 g/mol. The number of benzene rings is 1. The summed E-state index contributed by atoms with van der Waals surface area (Å²) in [6.07, 6.45) is 0. The fourth-order valence-corrected chi connectivity index (χ4v) is 2.23. The van der Waals surface area contributed by atoms with Crippen LogP contribution in [0.15, 0.2) is 22.7 Å². The number of rotatable bonds is 0. The van der Waals surface area contributed by atoms with Crippen LogP contribution in [0.4, 0.5) is 4.39 Å². The zero-order valence-electron chi connectivity index (χ0n) is 5.87. The first-order chi connectivity index (χ1) is 5.70. The van der Waals surface area contributed by atoms with Gasteiger partial charge in [0.15, 0.2) is 5.82 Å². The molecule has 1 heterocycles. The van der Waals surface area contributed by atoms with Crippen molar-refractivity contribution in [2.75, 3.05) is 0 Å². The van der Waals surface area contributed by atoms with Crippen molar-refractivity contribution >= 4 is 49.4 Å².